The molecule has 0 spiro atoms. The van der Waals surface area contributed by atoms with Gasteiger partial charge in [0.25, 0.3) is 0 Å². The molecule has 2 aromatic carbocycles. The molecule has 0 aliphatic heterocycles. The topological polar surface area (TPSA) is 103 Å². The smallest absolute Gasteiger partial charge is 0.193 e. The number of phenols is 2. The number of methoxy groups -OCH3 is 1. The number of ether oxygens (including phenoxy) is 1. The zero-order valence-electron chi connectivity index (χ0n) is 11.5. The molecule has 0 bridgehead atoms. The van der Waals surface area contributed by atoms with Crippen LogP contribution in [0.3, 0.4) is 0 Å². The Kier molecular flexibility index (Phi) is 3.14. The van der Waals surface area contributed by atoms with Crippen molar-refractivity contribution in [3.05, 3.63) is 46.6 Å². The van der Waals surface area contributed by atoms with E-state index >= 15 is 0 Å². The highest BCUT2D eigenvalue weighted by molar-refractivity contribution is 5.85. The van der Waals surface area contributed by atoms with Crippen LogP contribution in [0, 0.1) is 0 Å². The highest BCUT2D eigenvalue weighted by atomic mass is 16.5. The monoisotopic (exact) mass is 299 g/mol. The molecule has 0 saturated heterocycles. The molecule has 3 rings (SSSR count). The van der Waals surface area contributed by atoms with Crippen LogP contribution >= 0.6 is 0 Å². The van der Waals surface area contributed by atoms with Crippen LogP contribution in [0.1, 0.15) is 0 Å². The lowest BCUT2D eigenvalue weighted by atomic mass is 10.1. The third-order valence-corrected chi connectivity index (χ3v) is 3.30. The summed E-state index contributed by atoms with van der Waals surface area (Å²) in [6, 6.07) is 8.12. The van der Waals surface area contributed by atoms with Crippen molar-refractivity contribution in [3.8, 4) is 34.3 Å². The maximum atomic E-state index is 12.1. The first-order valence-electron chi connectivity index (χ1n) is 6.35. The van der Waals surface area contributed by atoms with E-state index in [1.54, 1.807) is 0 Å². The Labute approximate surface area is 124 Å². The van der Waals surface area contributed by atoms with Gasteiger partial charge in [-0.1, -0.05) is 0 Å². The van der Waals surface area contributed by atoms with Crippen LogP contribution in [-0.2, 0) is 0 Å². The van der Waals surface area contributed by atoms with E-state index < -0.39 is 16.9 Å². The van der Waals surface area contributed by atoms with Crippen LogP contribution < -0.4 is 15.3 Å². The van der Waals surface area contributed by atoms with Gasteiger partial charge < -0.3 is 24.5 Å². The molecule has 0 fully saturated rings. The fraction of sp³-hybridized carbons (Fsp3) is 0.0625. The third-order valence-electron chi connectivity index (χ3n) is 3.30. The molecular weight excluding hydrogens is 288 g/mol. The molecular formula is C16H11O6-. The zero-order chi connectivity index (χ0) is 15.9. The number of benzene rings is 2. The molecule has 0 unspecified atom stereocenters. The van der Waals surface area contributed by atoms with E-state index in [1.165, 1.54) is 37.4 Å². The molecule has 6 heteroatoms. The average molecular weight is 299 g/mol. The van der Waals surface area contributed by atoms with Crippen molar-refractivity contribution in [2.45, 2.75) is 0 Å². The van der Waals surface area contributed by atoms with E-state index in [9.17, 15) is 20.1 Å². The summed E-state index contributed by atoms with van der Waals surface area (Å²) in [5.41, 5.74) is -0.161. The molecule has 0 radical (unpaired) electrons. The minimum absolute atomic E-state index is 0.0588. The Morgan fingerprint density at radius 1 is 1.09 bits per heavy atom. The van der Waals surface area contributed by atoms with Crippen LogP contribution in [0.4, 0.5) is 0 Å². The van der Waals surface area contributed by atoms with Gasteiger partial charge in [-0.15, -0.1) is 0 Å². The van der Waals surface area contributed by atoms with Crippen molar-refractivity contribution in [1.29, 1.82) is 0 Å². The predicted octanol–water partition coefficient (Wildman–Crippen LogP) is 1.95. The Morgan fingerprint density at radius 2 is 1.82 bits per heavy atom. The van der Waals surface area contributed by atoms with Gasteiger partial charge in [0.1, 0.15) is 17.1 Å². The molecule has 0 saturated carbocycles. The average Bonchev–Trinajstić information content (AvgIpc) is 2.51. The number of phenolic OH excluding ortho intramolecular Hbond substituents is 2. The maximum Gasteiger partial charge on any atom is 0.193 e. The van der Waals surface area contributed by atoms with Gasteiger partial charge in [-0.05, 0) is 36.1 Å². The fourth-order valence-corrected chi connectivity index (χ4v) is 2.16. The molecule has 1 heterocycles. The first kappa shape index (κ1) is 13.8. The Balaban J connectivity index is 2.28. The summed E-state index contributed by atoms with van der Waals surface area (Å²) in [5.74, 6) is -0.952. The second kappa shape index (κ2) is 5.00. The second-order valence-corrected chi connectivity index (χ2v) is 4.65. The summed E-state index contributed by atoms with van der Waals surface area (Å²) < 4.78 is 10.5. The lowest BCUT2D eigenvalue weighted by Crippen LogP contribution is -2.03. The Bertz CT molecular complexity index is 926. The molecule has 112 valence electrons. The Hall–Kier alpha value is -3.15. The summed E-state index contributed by atoms with van der Waals surface area (Å²) in [6.07, 6.45) is 0. The van der Waals surface area contributed by atoms with Gasteiger partial charge in [-0.3, -0.25) is 4.79 Å². The maximum absolute atomic E-state index is 12.1. The number of rotatable bonds is 2. The summed E-state index contributed by atoms with van der Waals surface area (Å²) in [6.45, 7) is 0. The summed E-state index contributed by atoms with van der Waals surface area (Å²) in [7, 11) is 1.39. The Morgan fingerprint density at radius 3 is 2.55 bits per heavy atom. The van der Waals surface area contributed by atoms with E-state index in [4.69, 9.17) is 9.15 Å². The van der Waals surface area contributed by atoms with Crippen LogP contribution in [0.5, 0.6) is 23.0 Å². The van der Waals surface area contributed by atoms with Gasteiger partial charge in [0.2, 0.25) is 0 Å². The molecule has 0 atom stereocenters. The summed E-state index contributed by atoms with van der Waals surface area (Å²) in [4.78, 5) is 12.1. The SMILES string of the molecule is COc1cc(-c2cc(=O)c3ccc(O)c([O-])c3o2)ccc1O. The molecule has 1 aromatic heterocycles. The third kappa shape index (κ3) is 2.10. The molecule has 0 aliphatic carbocycles. The first-order valence-corrected chi connectivity index (χ1v) is 6.35. The number of aromatic hydroxyl groups is 2. The highest BCUT2D eigenvalue weighted by Gasteiger charge is 2.11. The normalized spacial score (nSPS) is 10.8. The molecule has 0 amide bonds. The zero-order valence-corrected chi connectivity index (χ0v) is 11.5. The molecule has 6 nitrogen and oxygen atoms in total. The quantitative estimate of drug-likeness (QED) is 0.749. The van der Waals surface area contributed by atoms with Crippen molar-refractivity contribution in [1.82, 2.24) is 0 Å². The van der Waals surface area contributed by atoms with E-state index in [0.717, 1.165) is 6.07 Å². The van der Waals surface area contributed by atoms with E-state index in [0.29, 0.717) is 5.56 Å². The first-order chi connectivity index (χ1) is 10.5. The highest BCUT2D eigenvalue weighted by Crippen LogP contribution is 2.35. The molecule has 0 aliphatic rings. The van der Waals surface area contributed by atoms with Crippen molar-refractivity contribution in [3.63, 3.8) is 0 Å². The summed E-state index contributed by atoms with van der Waals surface area (Å²) >= 11 is 0. The molecule has 22 heavy (non-hydrogen) atoms. The number of fused-ring (bicyclic) bond motifs is 1. The summed E-state index contributed by atoms with van der Waals surface area (Å²) in [5, 5.41) is 31.0. The number of hydrogen-bond donors (Lipinski definition) is 2. The van der Waals surface area contributed by atoms with Gasteiger partial charge in [-0.25, -0.2) is 0 Å². The van der Waals surface area contributed by atoms with Gasteiger partial charge >= 0.3 is 0 Å². The van der Waals surface area contributed by atoms with Crippen LogP contribution in [0.2, 0.25) is 0 Å². The van der Waals surface area contributed by atoms with Crippen molar-refractivity contribution in [2.75, 3.05) is 7.11 Å². The van der Waals surface area contributed by atoms with Crippen molar-refractivity contribution < 1.29 is 24.5 Å². The van der Waals surface area contributed by atoms with Crippen molar-refractivity contribution in [2.24, 2.45) is 0 Å². The molecule has 3 aromatic rings. The standard InChI is InChI=1S/C16H12O6/c1-21-14-6-8(2-4-10(14)17)13-7-12(19)9-3-5-11(18)15(20)16(9)22-13/h2-7,17-18,20H,1H3/p-1. The lowest BCUT2D eigenvalue weighted by molar-refractivity contribution is -0.268. The number of hydrogen-bond acceptors (Lipinski definition) is 6. The van der Waals surface area contributed by atoms with Crippen molar-refractivity contribution >= 4 is 11.0 Å². The van der Waals surface area contributed by atoms with E-state index in [-0.39, 0.29) is 28.2 Å². The van der Waals surface area contributed by atoms with Gasteiger partial charge in [-0.2, -0.15) is 0 Å². The minimum Gasteiger partial charge on any atom is -0.867 e. The van der Waals surface area contributed by atoms with Gasteiger partial charge in [0, 0.05) is 11.6 Å². The van der Waals surface area contributed by atoms with Gasteiger partial charge in [0.15, 0.2) is 16.9 Å². The van der Waals surface area contributed by atoms with E-state index in [1.807, 2.05) is 0 Å². The predicted molar refractivity (Wildman–Crippen MR) is 77.2 cm³/mol. The fourth-order valence-electron chi connectivity index (χ4n) is 2.16. The lowest BCUT2D eigenvalue weighted by Gasteiger charge is -2.12. The molecule has 2 N–H and O–H groups in total. The van der Waals surface area contributed by atoms with Gasteiger partial charge in [0.05, 0.1) is 12.5 Å². The van der Waals surface area contributed by atoms with Crippen LogP contribution in [-0.4, -0.2) is 17.3 Å². The minimum atomic E-state index is -0.748. The largest absolute Gasteiger partial charge is 0.867 e. The van der Waals surface area contributed by atoms with Crippen LogP contribution in [0.25, 0.3) is 22.3 Å². The van der Waals surface area contributed by atoms with Crippen LogP contribution in [0.15, 0.2) is 45.6 Å². The van der Waals surface area contributed by atoms with E-state index in [2.05, 4.69) is 0 Å². The second-order valence-electron chi connectivity index (χ2n) is 4.65.